The number of nitrogens with zero attached hydrogens (tertiary/aromatic N) is 4. The Hall–Kier alpha value is -3.42. The zero-order chi connectivity index (χ0) is 21.3. The molecule has 3 rings (SSSR count). The van der Waals surface area contributed by atoms with Gasteiger partial charge in [0.25, 0.3) is 0 Å². The molecule has 0 aliphatic rings. The molecule has 0 saturated heterocycles. The van der Waals surface area contributed by atoms with Gasteiger partial charge in [0, 0.05) is 44.6 Å². The summed E-state index contributed by atoms with van der Waals surface area (Å²) in [4.78, 5) is 8.54. The van der Waals surface area contributed by atoms with Crippen LogP contribution >= 0.6 is 0 Å². The summed E-state index contributed by atoms with van der Waals surface area (Å²) in [6.07, 6.45) is 2.68. The van der Waals surface area contributed by atoms with Crippen molar-refractivity contribution in [1.29, 1.82) is 0 Å². The molecule has 0 unspecified atom stereocenters. The zero-order valence-electron chi connectivity index (χ0n) is 17.5. The lowest BCUT2D eigenvalue weighted by atomic mass is 10.3. The summed E-state index contributed by atoms with van der Waals surface area (Å²) in [5.74, 6) is 1.43. The van der Waals surface area contributed by atoms with E-state index >= 15 is 0 Å². The van der Waals surface area contributed by atoms with Crippen molar-refractivity contribution in [3.63, 3.8) is 0 Å². The van der Waals surface area contributed by atoms with Crippen molar-refractivity contribution < 1.29 is 9.13 Å². The minimum absolute atomic E-state index is 0.301. The third-order valence-electron chi connectivity index (χ3n) is 4.46. The Morgan fingerprint density at radius 3 is 2.57 bits per heavy atom. The Morgan fingerprint density at radius 2 is 1.93 bits per heavy atom. The molecule has 0 aliphatic heterocycles. The average Bonchev–Trinajstić information content (AvgIpc) is 3.07. The number of aliphatic imine (C=N–C) groups is 1. The minimum Gasteiger partial charge on any atom is -0.439 e. The summed E-state index contributed by atoms with van der Waals surface area (Å²) < 4.78 is 20.6. The summed E-state index contributed by atoms with van der Waals surface area (Å²) in [7, 11) is 1.74. The van der Waals surface area contributed by atoms with Crippen LogP contribution in [-0.2, 0) is 13.1 Å². The van der Waals surface area contributed by atoms with Gasteiger partial charge in [0.2, 0.25) is 5.88 Å². The Kier molecular flexibility index (Phi) is 7.37. The van der Waals surface area contributed by atoms with E-state index in [1.807, 2.05) is 17.7 Å². The van der Waals surface area contributed by atoms with E-state index in [0.717, 1.165) is 36.7 Å². The number of rotatable bonds is 8. The van der Waals surface area contributed by atoms with Gasteiger partial charge in [-0.05, 0) is 56.2 Å². The van der Waals surface area contributed by atoms with Crippen molar-refractivity contribution >= 4 is 5.96 Å². The van der Waals surface area contributed by atoms with Crippen molar-refractivity contribution in [2.75, 3.05) is 13.6 Å². The van der Waals surface area contributed by atoms with E-state index in [4.69, 9.17) is 4.74 Å². The number of pyridine rings is 1. The molecular formula is C22H27FN6O. The van der Waals surface area contributed by atoms with E-state index in [1.165, 1.54) is 17.8 Å². The van der Waals surface area contributed by atoms with Crippen LogP contribution in [0.5, 0.6) is 11.6 Å². The van der Waals surface area contributed by atoms with Gasteiger partial charge in [-0.25, -0.2) is 9.37 Å². The molecule has 0 amide bonds. The molecule has 8 heteroatoms. The van der Waals surface area contributed by atoms with E-state index in [9.17, 15) is 4.39 Å². The summed E-state index contributed by atoms with van der Waals surface area (Å²) >= 11 is 0. The fourth-order valence-corrected chi connectivity index (χ4v) is 2.94. The van der Waals surface area contributed by atoms with Crippen molar-refractivity contribution in [2.45, 2.75) is 33.4 Å². The molecule has 2 N–H and O–H groups in total. The first-order valence-electron chi connectivity index (χ1n) is 9.87. The number of hydrogen-bond acceptors (Lipinski definition) is 4. The van der Waals surface area contributed by atoms with Crippen LogP contribution in [0.25, 0.3) is 0 Å². The van der Waals surface area contributed by atoms with Gasteiger partial charge >= 0.3 is 0 Å². The number of aromatic nitrogens is 3. The summed E-state index contributed by atoms with van der Waals surface area (Å²) in [6.45, 7) is 6.31. The normalized spacial score (nSPS) is 11.4. The molecule has 2 aromatic heterocycles. The van der Waals surface area contributed by atoms with Crippen molar-refractivity contribution in [3.8, 4) is 11.6 Å². The van der Waals surface area contributed by atoms with Gasteiger partial charge in [-0.15, -0.1) is 0 Å². The maximum Gasteiger partial charge on any atom is 0.219 e. The monoisotopic (exact) mass is 410 g/mol. The second-order valence-corrected chi connectivity index (χ2v) is 6.92. The van der Waals surface area contributed by atoms with Crippen LogP contribution in [0.3, 0.4) is 0 Å². The van der Waals surface area contributed by atoms with E-state index in [1.54, 1.807) is 31.4 Å². The maximum atomic E-state index is 13.0. The number of aryl methyl sites for hydroxylation is 3. The third-order valence-corrected chi connectivity index (χ3v) is 4.46. The first-order chi connectivity index (χ1) is 14.5. The lowest BCUT2D eigenvalue weighted by Gasteiger charge is -2.12. The number of guanidine groups is 1. The highest BCUT2D eigenvalue weighted by atomic mass is 19.1. The Labute approximate surface area is 176 Å². The molecule has 0 bridgehead atoms. The zero-order valence-corrected chi connectivity index (χ0v) is 17.5. The fourth-order valence-electron chi connectivity index (χ4n) is 2.94. The van der Waals surface area contributed by atoms with Crippen LogP contribution in [0.4, 0.5) is 4.39 Å². The first kappa shape index (κ1) is 21.3. The Bertz CT molecular complexity index is 966. The third kappa shape index (κ3) is 6.30. The van der Waals surface area contributed by atoms with E-state index in [0.29, 0.717) is 18.2 Å². The molecule has 0 spiro atoms. The quantitative estimate of drug-likeness (QED) is 0.337. The van der Waals surface area contributed by atoms with Gasteiger partial charge in [0.1, 0.15) is 11.6 Å². The molecular weight excluding hydrogens is 383 g/mol. The van der Waals surface area contributed by atoms with E-state index < -0.39 is 0 Å². The van der Waals surface area contributed by atoms with Crippen LogP contribution in [0.15, 0.2) is 53.7 Å². The first-order valence-corrected chi connectivity index (χ1v) is 9.87. The second-order valence-electron chi connectivity index (χ2n) is 6.92. The second kappa shape index (κ2) is 10.4. The standard InChI is InChI=1S/C22H27FN6O/c1-16-13-17(2)29(28-16)12-4-11-25-22(24-3)27-15-18-5-10-21(26-14-18)30-20-8-6-19(23)7-9-20/h5-10,13-14H,4,11-12,15H2,1-3H3,(H2,24,25,27). The molecule has 0 radical (unpaired) electrons. The molecule has 0 fully saturated rings. The smallest absolute Gasteiger partial charge is 0.219 e. The lowest BCUT2D eigenvalue weighted by Crippen LogP contribution is -2.37. The number of hydrogen-bond donors (Lipinski definition) is 2. The van der Waals surface area contributed by atoms with Crippen molar-refractivity contribution in [2.24, 2.45) is 4.99 Å². The number of benzene rings is 1. The largest absolute Gasteiger partial charge is 0.439 e. The van der Waals surface area contributed by atoms with Gasteiger partial charge in [0.15, 0.2) is 5.96 Å². The molecule has 3 aromatic rings. The summed E-state index contributed by atoms with van der Waals surface area (Å²) in [6, 6.07) is 11.6. The number of ether oxygens (including phenoxy) is 1. The topological polar surface area (TPSA) is 76.4 Å². The molecule has 0 atom stereocenters. The molecule has 0 saturated carbocycles. The van der Waals surface area contributed by atoms with E-state index in [2.05, 4.69) is 38.7 Å². The van der Waals surface area contributed by atoms with Gasteiger partial charge in [-0.1, -0.05) is 6.07 Å². The maximum absolute atomic E-state index is 13.0. The predicted molar refractivity (Wildman–Crippen MR) is 115 cm³/mol. The molecule has 1 aromatic carbocycles. The molecule has 30 heavy (non-hydrogen) atoms. The Morgan fingerprint density at radius 1 is 1.13 bits per heavy atom. The number of nitrogens with one attached hydrogen (secondary N) is 2. The molecule has 0 aliphatic carbocycles. The van der Waals surface area contributed by atoms with E-state index in [-0.39, 0.29) is 5.82 Å². The van der Waals surface area contributed by atoms with Crippen LogP contribution in [-0.4, -0.2) is 34.3 Å². The van der Waals surface area contributed by atoms with Crippen LogP contribution in [0.1, 0.15) is 23.4 Å². The predicted octanol–water partition coefficient (Wildman–Crippen LogP) is 3.58. The SMILES string of the molecule is CN=C(NCCCn1nc(C)cc1C)NCc1ccc(Oc2ccc(F)cc2)nc1. The highest BCUT2D eigenvalue weighted by molar-refractivity contribution is 5.79. The molecule has 2 heterocycles. The average molecular weight is 410 g/mol. The number of halogens is 1. The highest BCUT2D eigenvalue weighted by Gasteiger charge is 2.03. The van der Waals surface area contributed by atoms with Crippen LogP contribution in [0, 0.1) is 19.7 Å². The van der Waals surface area contributed by atoms with Crippen molar-refractivity contribution in [1.82, 2.24) is 25.4 Å². The Balaban J connectivity index is 1.40. The van der Waals surface area contributed by atoms with Crippen LogP contribution in [0.2, 0.25) is 0 Å². The molecule has 158 valence electrons. The van der Waals surface area contributed by atoms with Gasteiger partial charge in [0.05, 0.1) is 5.69 Å². The van der Waals surface area contributed by atoms with Gasteiger partial charge < -0.3 is 15.4 Å². The van der Waals surface area contributed by atoms with Crippen LogP contribution < -0.4 is 15.4 Å². The lowest BCUT2D eigenvalue weighted by molar-refractivity contribution is 0.461. The molecule has 7 nitrogen and oxygen atoms in total. The minimum atomic E-state index is -0.301. The summed E-state index contributed by atoms with van der Waals surface area (Å²) in [5, 5.41) is 11.0. The van der Waals surface area contributed by atoms with Gasteiger partial charge in [-0.2, -0.15) is 5.10 Å². The van der Waals surface area contributed by atoms with Crippen molar-refractivity contribution in [3.05, 3.63) is 71.4 Å². The highest BCUT2D eigenvalue weighted by Crippen LogP contribution is 2.19. The fraction of sp³-hybridized carbons (Fsp3) is 0.318. The van der Waals surface area contributed by atoms with Gasteiger partial charge in [-0.3, -0.25) is 9.67 Å². The summed E-state index contributed by atoms with van der Waals surface area (Å²) in [5.41, 5.74) is 3.21.